The van der Waals surface area contributed by atoms with Crippen molar-refractivity contribution in [3.63, 3.8) is 0 Å². The highest BCUT2D eigenvalue weighted by Gasteiger charge is 2.01. The van der Waals surface area contributed by atoms with Gasteiger partial charge in [-0.05, 0) is 13.0 Å². The van der Waals surface area contributed by atoms with Gasteiger partial charge in [0.15, 0.2) is 0 Å². The van der Waals surface area contributed by atoms with Gasteiger partial charge in [0.05, 0.1) is 5.56 Å². The maximum absolute atomic E-state index is 8.58. The van der Waals surface area contributed by atoms with E-state index in [1.165, 1.54) is 0 Å². The standard InChI is InChI=1S/C8H7N3/c1-2-11-6-7(4-9)3-8(11)5-10/h3,6H,2H2,1H3. The number of rotatable bonds is 1. The van der Waals surface area contributed by atoms with Gasteiger partial charge in [0.2, 0.25) is 0 Å². The molecule has 3 heteroatoms. The zero-order chi connectivity index (χ0) is 8.27. The lowest BCUT2D eigenvalue weighted by Crippen LogP contribution is -1.93. The summed E-state index contributed by atoms with van der Waals surface area (Å²) in [4.78, 5) is 0. The van der Waals surface area contributed by atoms with E-state index in [0.717, 1.165) is 6.54 Å². The topological polar surface area (TPSA) is 52.5 Å². The maximum Gasteiger partial charge on any atom is 0.121 e. The molecule has 1 aromatic heterocycles. The molecule has 0 amide bonds. The zero-order valence-corrected chi connectivity index (χ0v) is 6.20. The van der Waals surface area contributed by atoms with Crippen LogP contribution in [0.4, 0.5) is 0 Å². The summed E-state index contributed by atoms with van der Waals surface area (Å²) in [5, 5.41) is 17.1. The lowest BCUT2D eigenvalue weighted by atomic mass is 10.3. The lowest BCUT2D eigenvalue weighted by molar-refractivity contribution is 0.757. The maximum atomic E-state index is 8.58. The highest BCUT2D eigenvalue weighted by molar-refractivity contribution is 5.35. The van der Waals surface area contributed by atoms with Crippen molar-refractivity contribution in [2.75, 3.05) is 0 Å². The zero-order valence-electron chi connectivity index (χ0n) is 6.20. The van der Waals surface area contributed by atoms with Gasteiger partial charge >= 0.3 is 0 Å². The summed E-state index contributed by atoms with van der Waals surface area (Å²) < 4.78 is 1.75. The number of aromatic nitrogens is 1. The average molecular weight is 145 g/mol. The predicted octanol–water partition coefficient (Wildman–Crippen LogP) is 1.25. The van der Waals surface area contributed by atoms with Crippen molar-refractivity contribution in [3.8, 4) is 12.1 Å². The summed E-state index contributed by atoms with van der Waals surface area (Å²) >= 11 is 0. The third-order valence-corrected chi connectivity index (χ3v) is 1.48. The second-order valence-corrected chi connectivity index (χ2v) is 2.12. The normalized spacial score (nSPS) is 8.64. The van der Waals surface area contributed by atoms with Crippen molar-refractivity contribution in [2.45, 2.75) is 13.5 Å². The highest BCUT2D eigenvalue weighted by Crippen LogP contribution is 2.05. The molecule has 0 saturated heterocycles. The fraction of sp³-hybridized carbons (Fsp3) is 0.250. The number of aryl methyl sites for hydroxylation is 1. The minimum Gasteiger partial charge on any atom is -0.338 e. The first-order chi connectivity index (χ1) is 5.31. The molecule has 0 atom stereocenters. The van der Waals surface area contributed by atoms with E-state index in [1.807, 2.05) is 19.1 Å². The van der Waals surface area contributed by atoms with Gasteiger partial charge in [-0.2, -0.15) is 10.5 Å². The first kappa shape index (κ1) is 7.37. The Balaban J connectivity index is 3.18. The Morgan fingerprint density at radius 2 is 2.18 bits per heavy atom. The molecule has 11 heavy (non-hydrogen) atoms. The Hall–Kier alpha value is -1.74. The fourth-order valence-electron chi connectivity index (χ4n) is 0.924. The van der Waals surface area contributed by atoms with E-state index in [4.69, 9.17) is 10.5 Å². The van der Waals surface area contributed by atoms with Crippen LogP contribution in [-0.4, -0.2) is 4.57 Å². The molecule has 0 unspecified atom stereocenters. The van der Waals surface area contributed by atoms with Crippen molar-refractivity contribution < 1.29 is 0 Å². The molecule has 0 N–H and O–H groups in total. The Morgan fingerprint density at radius 1 is 1.45 bits per heavy atom. The highest BCUT2D eigenvalue weighted by atomic mass is 15.0. The third-order valence-electron chi connectivity index (χ3n) is 1.48. The van der Waals surface area contributed by atoms with Crippen molar-refractivity contribution in [2.24, 2.45) is 0 Å². The Labute approximate surface area is 65.1 Å². The van der Waals surface area contributed by atoms with Gasteiger partial charge in [0.1, 0.15) is 17.8 Å². The van der Waals surface area contributed by atoms with E-state index in [9.17, 15) is 0 Å². The first-order valence-corrected chi connectivity index (χ1v) is 3.32. The smallest absolute Gasteiger partial charge is 0.121 e. The van der Waals surface area contributed by atoms with Crippen LogP contribution < -0.4 is 0 Å². The Bertz CT molecular complexity index is 335. The van der Waals surface area contributed by atoms with Gasteiger partial charge in [0, 0.05) is 12.7 Å². The van der Waals surface area contributed by atoms with Gasteiger partial charge in [-0.25, -0.2) is 0 Å². The van der Waals surface area contributed by atoms with Crippen LogP contribution in [0.3, 0.4) is 0 Å². The minimum atomic E-state index is 0.545. The molecule has 0 aliphatic rings. The van der Waals surface area contributed by atoms with Gasteiger partial charge in [-0.15, -0.1) is 0 Å². The molecular weight excluding hydrogens is 138 g/mol. The van der Waals surface area contributed by atoms with Crippen LogP contribution >= 0.6 is 0 Å². The van der Waals surface area contributed by atoms with Crippen LogP contribution in [0.2, 0.25) is 0 Å². The molecule has 3 nitrogen and oxygen atoms in total. The van der Waals surface area contributed by atoms with E-state index in [2.05, 4.69) is 0 Å². The molecule has 0 fully saturated rings. The Kier molecular flexibility index (Phi) is 1.94. The van der Waals surface area contributed by atoms with Crippen molar-refractivity contribution in [3.05, 3.63) is 23.5 Å². The second-order valence-electron chi connectivity index (χ2n) is 2.12. The van der Waals surface area contributed by atoms with Crippen LogP contribution in [0.1, 0.15) is 18.2 Å². The molecule has 0 saturated carbocycles. The van der Waals surface area contributed by atoms with Gasteiger partial charge < -0.3 is 4.57 Å². The molecule has 0 radical (unpaired) electrons. The third kappa shape index (κ3) is 1.22. The lowest BCUT2D eigenvalue weighted by Gasteiger charge is -1.95. The first-order valence-electron chi connectivity index (χ1n) is 3.32. The molecule has 0 aliphatic heterocycles. The van der Waals surface area contributed by atoms with Crippen LogP contribution in [0, 0.1) is 22.7 Å². The monoisotopic (exact) mass is 145 g/mol. The van der Waals surface area contributed by atoms with Gasteiger partial charge in [0.25, 0.3) is 0 Å². The largest absolute Gasteiger partial charge is 0.338 e. The predicted molar refractivity (Wildman–Crippen MR) is 39.5 cm³/mol. The van der Waals surface area contributed by atoms with Crippen LogP contribution in [0.15, 0.2) is 12.3 Å². The van der Waals surface area contributed by atoms with Gasteiger partial charge in [-0.1, -0.05) is 0 Å². The number of nitriles is 2. The molecule has 1 aromatic rings. The molecule has 0 spiro atoms. The average Bonchev–Trinajstić information content (AvgIpc) is 2.46. The molecule has 1 heterocycles. The van der Waals surface area contributed by atoms with E-state index in [1.54, 1.807) is 16.8 Å². The number of hydrogen-bond acceptors (Lipinski definition) is 2. The Morgan fingerprint density at radius 3 is 2.55 bits per heavy atom. The second kappa shape index (κ2) is 2.90. The quantitative estimate of drug-likeness (QED) is 0.597. The minimum absolute atomic E-state index is 0.545. The van der Waals surface area contributed by atoms with E-state index >= 15 is 0 Å². The number of hydrogen-bond donors (Lipinski definition) is 0. The summed E-state index contributed by atoms with van der Waals surface area (Å²) in [5.74, 6) is 0. The fourth-order valence-corrected chi connectivity index (χ4v) is 0.924. The van der Waals surface area contributed by atoms with E-state index in [-0.39, 0.29) is 0 Å². The van der Waals surface area contributed by atoms with Crippen molar-refractivity contribution in [1.29, 1.82) is 10.5 Å². The summed E-state index contributed by atoms with van der Waals surface area (Å²) in [5.41, 5.74) is 1.09. The van der Waals surface area contributed by atoms with Crippen LogP contribution in [-0.2, 0) is 6.54 Å². The van der Waals surface area contributed by atoms with Crippen LogP contribution in [0.25, 0.3) is 0 Å². The molecule has 0 bridgehead atoms. The molecule has 0 aromatic carbocycles. The van der Waals surface area contributed by atoms with Crippen LogP contribution in [0.5, 0.6) is 0 Å². The summed E-state index contributed by atoms with van der Waals surface area (Å²) in [7, 11) is 0. The molecule has 1 rings (SSSR count). The summed E-state index contributed by atoms with van der Waals surface area (Å²) in [6.45, 7) is 2.66. The van der Waals surface area contributed by atoms with E-state index < -0.39 is 0 Å². The van der Waals surface area contributed by atoms with Crippen molar-refractivity contribution in [1.82, 2.24) is 4.57 Å². The SMILES string of the molecule is CCn1cc(C#N)cc1C#N. The van der Waals surface area contributed by atoms with Crippen molar-refractivity contribution >= 4 is 0 Å². The van der Waals surface area contributed by atoms with Gasteiger partial charge in [-0.3, -0.25) is 0 Å². The molecule has 0 aliphatic carbocycles. The summed E-state index contributed by atoms with van der Waals surface area (Å²) in [6, 6.07) is 5.58. The molecular formula is C8H7N3. The number of nitrogens with zero attached hydrogens (tertiary/aromatic N) is 3. The molecule has 54 valence electrons. The summed E-state index contributed by atoms with van der Waals surface area (Å²) in [6.07, 6.45) is 1.68. The van der Waals surface area contributed by atoms with E-state index in [0.29, 0.717) is 11.3 Å².